The Morgan fingerprint density at radius 3 is 2.81 bits per heavy atom. The summed E-state index contributed by atoms with van der Waals surface area (Å²) in [6, 6.07) is 8.75. The molecule has 0 aliphatic carbocycles. The molecule has 0 radical (unpaired) electrons. The van der Waals surface area contributed by atoms with E-state index >= 15 is 0 Å². The van der Waals surface area contributed by atoms with Crippen molar-refractivity contribution in [1.29, 1.82) is 0 Å². The fraction of sp³-hybridized carbons (Fsp3) is 0.571. The zero-order valence-corrected chi connectivity index (χ0v) is 10.3. The molecule has 0 bridgehead atoms. The molecular formula is C14H22N2. The van der Waals surface area contributed by atoms with Gasteiger partial charge in [0.2, 0.25) is 0 Å². The highest BCUT2D eigenvalue weighted by atomic mass is 15.1. The molecule has 1 heterocycles. The molecule has 0 saturated heterocycles. The number of benzene rings is 1. The van der Waals surface area contributed by atoms with E-state index in [4.69, 9.17) is 5.73 Å². The maximum absolute atomic E-state index is 5.83. The van der Waals surface area contributed by atoms with Crippen molar-refractivity contribution in [3.63, 3.8) is 0 Å². The van der Waals surface area contributed by atoms with Gasteiger partial charge < -0.3 is 10.6 Å². The molecule has 0 amide bonds. The van der Waals surface area contributed by atoms with Crippen LogP contribution in [0.15, 0.2) is 24.3 Å². The summed E-state index contributed by atoms with van der Waals surface area (Å²) in [6.45, 7) is 7.59. The molecule has 2 N–H and O–H groups in total. The number of fused-ring (bicyclic) bond motifs is 1. The van der Waals surface area contributed by atoms with E-state index in [0.717, 1.165) is 26.1 Å². The van der Waals surface area contributed by atoms with Crippen molar-refractivity contribution in [3.05, 3.63) is 29.8 Å². The molecule has 2 heteroatoms. The molecule has 88 valence electrons. The lowest BCUT2D eigenvalue weighted by Crippen LogP contribution is -2.40. The first kappa shape index (κ1) is 11.5. The largest absolute Gasteiger partial charge is 0.371 e. The summed E-state index contributed by atoms with van der Waals surface area (Å²) in [5.41, 5.74) is 8.71. The van der Waals surface area contributed by atoms with Crippen molar-refractivity contribution in [3.8, 4) is 0 Å². The van der Waals surface area contributed by atoms with Gasteiger partial charge in [0, 0.05) is 18.8 Å². The molecule has 16 heavy (non-hydrogen) atoms. The molecule has 1 aromatic rings. The predicted octanol–water partition coefficient (Wildman–Crippen LogP) is 2.28. The molecule has 1 aliphatic heterocycles. The SMILES string of the molecule is CC(C)CN1C[C@H](CN)Cc2ccccc21. The van der Waals surface area contributed by atoms with Gasteiger partial charge in [0.15, 0.2) is 0 Å². The molecule has 1 aromatic carbocycles. The lowest BCUT2D eigenvalue weighted by Gasteiger charge is -2.36. The van der Waals surface area contributed by atoms with Gasteiger partial charge in [-0.1, -0.05) is 32.0 Å². The number of para-hydroxylation sites is 1. The molecule has 0 unspecified atom stereocenters. The third kappa shape index (κ3) is 2.38. The van der Waals surface area contributed by atoms with Crippen LogP contribution in [0.2, 0.25) is 0 Å². The highest BCUT2D eigenvalue weighted by molar-refractivity contribution is 5.55. The molecule has 0 fully saturated rings. The fourth-order valence-corrected chi connectivity index (χ4v) is 2.55. The number of rotatable bonds is 3. The first-order valence-electron chi connectivity index (χ1n) is 6.23. The van der Waals surface area contributed by atoms with Gasteiger partial charge in [-0.05, 0) is 36.4 Å². The van der Waals surface area contributed by atoms with E-state index < -0.39 is 0 Å². The number of hydrogen-bond donors (Lipinski definition) is 1. The molecule has 0 spiro atoms. The highest BCUT2D eigenvalue weighted by Gasteiger charge is 2.23. The summed E-state index contributed by atoms with van der Waals surface area (Å²) in [7, 11) is 0. The Labute approximate surface area is 98.4 Å². The molecule has 2 nitrogen and oxygen atoms in total. The summed E-state index contributed by atoms with van der Waals surface area (Å²) in [5, 5.41) is 0. The van der Waals surface area contributed by atoms with Gasteiger partial charge in [-0.3, -0.25) is 0 Å². The molecule has 1 aliphatic rings. The average Bonchev–Trinajstić information content (AvgIpc) is 2.28. The Bertz CT molecular complexity index is 346. The third-order valence-electron chi connectivity index (χ3n) is 3.24. The van der Waals surface area contributed by atoms with Crippen LogP contribution in [0.25, 0.3) is 0 Å². The summed E-state index contributed by atoms with van der Waals surface area (Å²) < 4.78 is 0. The first-order chi connectivity index (χ1) is 7.70. The van der Waals surface area contributed by atoms with Crippen LogP contribution in [0.4, 0.5) is 5.69 Å². The van der Waals surface area contributed by atoms with Gasteiger partial charge in [0.25, 0.3) is 0 Å². The van der Waals surface area contributed by atoms with E-state index in [0.29, 0.717) is 11.8 Å². The van der Waals surface area contributed by atoms with Gasteiger partial charge in [-0.15, -0.1) is 0 Å². The third-order valence-corrected chi connectivity index (χ3v) is 3.24. The quantitative estimate of drug-likeness (QED) is 0.843. The van der Waals surface area contributed by atoms with Crippen LogP contribution in [-0.2, 0) is 6.42 Å². The van der Waals surface area contributed by atoms with E-state index in [-0.39, 0.29) is 0 Å². The monoisotopic (exact) mass is 218 g/mol. The second-order valence-corrected chi connectivity index (χ2v) is 5.23. The molecule has 2 rings (SSSR count). The van der Waals surface area contributed by atoms with Gasteiger partial charge >= 0.3 is 0 Å². The van der Waals surface area contributed by atoms with Gasteiger partial charge in [-0.2, -0.15) is 0 Å². The second kappa shape index (κ2) is 4.88. The van der Waals surface area contributed by atoms with E-state index in [1.54, 1.807) is 0 Å². The van der Waals surface area contributed by atoms with E-state index in [2.05, 4.69) is 43.0 Å². The Morgan fingerprint density at radius 1 is 1.38 bits per heavy atom. The second-order valence-electron chi connectivity index (χ2n) is 5.23. The van der Waals surface area contributed by atoms with Crippen LogP contribution >= 0.6 is 0 Å². The Hall–Kier alpha value is -1.02. The molecular weight excluding hydrogens is 196 g/mol. The molecule has 0 saturated carbocycles. The first-order valence-corrected chi connectivity index (χ1v) is 6.23. The highest BCUT2D eigenvalue weighted by Crippen LogP contribution is 2.29. The van der Waals surface area contributed by atoms with Crippen LogP contribution in [0.1, 0.15) is 19.4 Å². The number of nitrogens with zero attached hydrogens (tertiary/aromatic N) is 1. The average molecular weight is 218 g/mol. The van der Waals surface area contributed by atoms with E-state index in [1.807, 2.05) is 0 Å². The topological polar surface area (TPSA) is 29.3 Å². The van der Waals surface area contributed by atoms with E-state index in [9.17, 15) is 0 Å². The van der Waals surface area contributed by atoms with Crippen LogP contribution in [0.5, 0.6) is 0 Å². The number of hydrogen-bond acceptors (Lipinski definition) is 2. The minimum Gasteiger partial charge on any atom is -0.371 e. The molecule has 1 atom stereocenters. The lowest BCUT2D eigenvalue weighted by molar-refractivity contribution is 0.477. The Balaban J connectivity index is 2.24. The summed E-state index contributed by atoms with van der Waals surface area (Å²) >= 11 is 0. The summed E-state index contributed by atoms with van der Waals surface area (Å²) in [6.07, 6.45) is 1.14. The van der Waals surface area contributed by atoms with Crippen molar-refractivity contribution < 1.29 is 0 Å². The predicted molar refractivity (Wildman–Crippen MR) is 69.7 cm³/mol. The maximum Gasteiger partial charge on any atom is 0.0399 e. The zero-order valence-electron chi connectivity index (χ0n) is 10.3. The minimum atomic E-state index is 0.619. The number of nitrogens with two attached hydrogens (primary N) is 1. The van der Waals surface area contributed by atoms with Crippen molar-refractivity contribution in [1.82, 2.24) is 0 Å². The van der Waals surface area contributed by atoms with Crippen LogP contribution in [-0.4, -0.2) is 19.6 Å². The van der Waals surface area contributed by atoms with Gasteiger partial charge in [0.1, 0.15) is 0 Å². The lowest BCUT2D eigenvalue weighted by atomic mass is 9.92. The van der Waals surface area contributed by atoms with Gasteiger partial charge in [0.05, 0.1) is 0 Å². The number of anilines is 1. The summed E-state index contributed by atoms with van der Waals surface area (Å²) in [4.78, 5) is 2.50. The smallest absolute Gasteiger partial charge is 0.0399 e. The van der Waals surface area contributed by atoms with Crippen molar-refractivity contribution in [2.24, 2.45) is 17.6 Å². The van der Waals surface area contributed by atoms with Crippen molar-refractivity contribution in [2.75, 3.05) is 24.5 Å². The van der Waals surface area contributed by atoms with Crippen LogP contribution in [0.3, 0.4) is 0 Å². The zero-order chi connectivity index (χ0) is 11.5. The van der Waals surface area contributed by atoms with E-state index in [1.165, 1.54) is 11.3 Å². The van der Waals surface area contributed by atoms with Gasteiger partial charge in [-0.25, -0.2) is 0 Å². The standard InChI is InChI=1S/C14H22N2/c1-11(2)9-16-10-12(8-15)7-13-5-3-4-6-14(13)16/h3-6,11-12H,7-10,15H2,1-2H3/t12-/m0/s1. The van der Waals surface area contributed by atoms with Crippen LogP contribution in [0, 0.1) is 11.8 Å². The van der Waals surface area contributed by atoms with Crippen LogP contribution < -0.4 is 10.6 Å². The van der Waals surface area contributed by atoms with Crippen molar-refractivity contribution in [2.45, 2.75) is 20.3 Å². The fourth-order valence-electron chi connectivity index (χ4n) is 2.55. The van der Waals surface area contributed by atoms with Crippen molar-refractivity contribution >= 4 is 5.69 Å². The normalized spacial score (nSPS) is 20.0. The molecule has 0 aromatic heterocycles. The Kier molecular flexibility index (Phi) is 3.49. The Morgan fingerprint density at radius 2 is 2.12 bits per heavy atom. The minimum absolute atomic E-state index is 0.619. The maximum atomic E-state index is 5.83. The summed E-state index contributed by atoms with van der Waals surface area (Å²) in [5.74, 6) is 1.32.